The molecule has 3 aromatic rings. The Hall–Kier alpha value is -2.72. The highest BCUT2D eigenvalue weighted by molar-refractivity contribution is 9.13. The fourth-order valence-electron chi connectivity index (χ4n) is 2.60. The third-order valence-corrected chi connectivity index (χ3v) is 5.55. The number of nitro groups is 1. The van der Waals surface area contributed by atoms with Crippen LogP contribution in [0.15, 0.2) is 45.5 Å². The number of hydrogen-bond acceptors (Lipinski definition) is 5. The van der Waals surface area contributed by atoms with E-state index in [2.05, 4.69) is 47.4 Å². The first-order chi connectivity index (χ1) is 13.2. The molecule has 1 heterocycles. The average Bonchev–Trinajstić information content (AvgIpc) is 2.93. The predicted molar refractivity (Wildman–Crippen MR) is 111 cm³/mol. The van der Waals surface area contributed by atoms with E-state index < -0.39 is 10.8 Å². The number of carbonyl (C=O) groups is 1. The Bertz CT molecular complexity index is 1060. The summed E-state index contributed by atoms with van der Waals surface area (Å²) >= 11 is 6.45. The van der Waals surface area contributed by atoms with Crippen LogP contribution in [0.25, 0.3) is 0 Å². The number of aryl methyl sites for hydroxylation is 2. The first-order valence-corrected chi connectivity index (χ1v) is 9.58. The van der Waals surface area contributed by atoms with Crippen molar-refractivity contribution in [2.24, 2.45) is 0 Å². The van der Waals surface area contributed by atoms with Crippen LogP contribution in [0.2, 0.25) is 0 Å². The standard InChI is InChI=1S/C18H14Br2N4O4/c1-9-3-10(2)5-13(4-9)28-14-7-11(6-12(8-14)24(26)27)21-18(25)16-15(19)17(20)23-22-16/h3-8H,1-2H3,(H,21,25)(H,22,23). The summed E-state index contributed by atoms with van der Waals surface area (Å²) < 4.78 is 6.75. The summed E-state index contributed by atoms with van der Waals surface area (Å²) in [6.45, 7) is 3.86. The number of amides is 1. The molecule has 144 valence electrons. The molecule has 1 amide bonds. The topological polar surface area (TPSA) is 110 Å². The van der Waals surface area contributed by atoms with Crippen molar-refractivity contribution in [3.8, 4) is 11.5 Å². The Balaban J connectivity index is 1.92. The zero-order valence-corrected chi connectivity index (χ0v) is 17.9. The monoisotopic (exact) mass is 508 g/mol. The van der Waals surface area contributed by atoms with Crippen molar-refractivity contribution in [1.82, 2.24) is 10.2 Å². The third kappa shape index (κ3) is 4.57. The zero-order valence-electron chi connectivity index (χ0n) is 14.7. The van der Waals surface area contributed by atoms with Crippen LogP contribution >= 0.6 is 31.9 Å². The van der Waals surface area contributed by atoms with Crippen LogP contribution in [0, 0.1) is 24.0 Å². The largest absolute Gasteiger partial charge is 0.457 e. The fraction of sp³-hybridized carbons (Fsp3) is 0.111. The summed E-state index contributed by atoms with van der Waals surface area (Å²) in [5, 5.41) is 20.4. The Kier molecular flexibility index (Phi) is 5.80. The summed E-state index contributed by atoms with van der Waals surface area (Å²) in [6.07, 6.45) is 0. The van der Waals surface area contributed by atoms with Gasteiger partial charge in [-0.3, -0.25) is 20.0 Å². The molecule has 0 fully saturated rings. The quantitative estimate of drug-likeness (QED) is 0.348. The summed E-state index contributed by atoms with van der Waals surface area (Å²) in [4.78, 5) is 23.2. The van der Waals surface area contributed by atoms with Gasteiger partial charge in [-0.1, -0.05) is 6.07 Å². The van der Waals surface area contributed by atoms with Gasteiger partial charge in [0.05, 0.1) is 21.1 Å². The summed E-state index contributed by atoms with van der Waals surface area (Å²) in [5.41, 5.74) is 2.12. The number of nitro benzene ring substituents is 1. The minimum Gasteiger partial charge on any atom is -0.457 e. The number of benzene rings is 2. The van der Waals surface area contributed by atoms with Crippen molar-refractivity contribution >= 4 is 49.1 Å². The molecule has 0 saturated heterocycles. The van der Waals surface area contributed by atoms with Gasteiger partial charge in [0, 0.05) is 12.1 Å². The number of aromatic amines is 1. The molecule has 0 radical (unpaired) electrons. The van der Waals surface area contributed by atoms with E-state index in [-0.39, 0.29) is 22.8 Å². The third-order valence-electron chi connectivity index (χ3n) is 3.67. The van der Waals surface area contributed by atoms with Gasteiger partial charge in [0.2, 0.25) is 0 Å². The number of aromatic nitrogens is 2. The van der Waals surface area contributed by atoms with Gasteiger partial charge < -0.3 is 10.1 Å². The van der Waals surface area contributed by atoms with Gasteiger partial charge in [-0.15, -0.1) is 0 Å². The molecule has 0 aliphatic heterocycles. The van der Waals surface area contributed by atoms with E-state index in [0.29, 0.717) is 14.8 Å². The van der Waals surface area contributed by atoms with Crippen LogP contribution in [-0.4, -0.2) is 21.0 Å². The summed E-state index contributed by atoms with van der Waals surface area (Å²) in [6, 6.07) is 9.70. The molecule has 0 unspecified atom stereocenters. The Morgan fingerprint density at radius 2 is 1.75 bits per heavy atom. The molecule has 0 saturated carbocycles. The van der Waals surface area contributed by atoms with E-state index in [0.717, 1.165) is 11.1 Å². The molecule has 2 N–H and O–H groups in total. The number of nitrogens with one attached hydrogen (secondary N) is 2. The lowest BCUT2D eigenvalue weighted by Gasteiger charge is -2.10. The number of carbonyl (C=O) groups excluding carboxylic acids is 1. The molecule has 0 aliphatic carbocycles. The molecule has 28 heavy (non-hydrogen) atoms. The lowest BCUT2D eigenvalue weighted by atomic mass is 10.1. The van der Waals surface area contributed by atoms with E-state index in [4.69, 9.17) is 4.74 Å². The second-order valence-corrected chi connectivity index (χ2v) is 7.64. The van der Waals surface area contributed by atoms with Crippen molar-refractivity contribution in [3.05, 3.63) is 72.4 Å². The number of H-pyrrole nitrogens is 1. The summed E-state index contributed by atoms with van der Waals surface area (Å²) in [5.74, 6) is 0.248. The SMILES string of the molecule is Cc1cc(C)cc(Oc2cc(NC(=O)c3n[nH]c(Br)c3Br)cc([N+](=O)[O-])c2)c1. The number of hydrogen-bond donors (Lipinski definition) is 2. The molecule has 0 bridgehead atoms. The van der Waals surface area contributed by atoms with Crippen LogP contribution in [0.1, 0.15) is 21.6 Å². The maximum atomic E-state index is 12.4. The van der Waals surface area contributed by atoms with E-state index in [1.165, 1.54) is 18.2 Å². The molecule has 1 aromatic heterocycles. The minimum absolute atomic E-state index is 0.107. The van der Waals surface area contributed by atoms with Gasteiger partial charge in [-0.2, -0.15) is 5.10 Å². The van der Waals surface area contributed by atoms with Crippen molar-refractivity contribution in [3.63, 3.8) is 0 Å². The fourth-order valence-corrected chi connectivity index (χ4v) is 3.23. The van der Waals surface area contributed by atoms with Gasteiger partial charge in [-0.25, -0.2) is 0 Å². The van der Waals surface area contributed by atoms with Gasteiger partial charge in [-0.05, 0) is 69.0 Å². The molecular weight excluding hydrogens is 496 g/mol. The van der Waals surface area contributed by atoms with Crippen molar-refractivity contribution in [1.29, 1.82) is 0 Å². The number of halogens is 2. The molecule has 0 atom stereocenters. The molecule has 2 aromatic carbocycles. The van der Waals surface area contributed by atoms with Crippen molar-refractivity contribution < 1.29 is 14.5 Å². The molecule has 0 aliphatic rings. The van der Waals surface area contributed by atoms with E-state index >= 15 is 0 Å². The Morgan fingerprint density at radius 1 is 1.11 bits per heavy atom. The highest BCUT2D eigenvalue weighted by Crippen LogP contribution is 2.31. The van der Waals surface area contributed by atoms with Gasteiger partial charge >= 0.3 is 0 Å². The zero-order chi connectivity index (χ0) is 20.4. The maximum Gasteiger partial charge on any atom is 0.277 e. The van der Waals surface area contributed by atoms with E-state index in [1.807, 2.05) is 32.0 Å². The summed E-state index contributed by atoms with van der Waals surface area (Å²) in [7, 11) is 0. The maximum absolute atomic E-state index is 12.4. The molecule has 10 heteroatoms. The van der Waals surface area contributed by atoms with Gasteiger partial charge in [0.15, 0.2) is 5.69 Å². The molecule has 3 rings (SSSR count). The average molecular weight is 510 g/mol. The number of non-ortho nitro benzene ring substituents is 1. The van der Waals surface area contributed by atoms with Crippen LogP contribution in [0.3, 0.4) is 0 Å². The van der Waals surface area contributed by atoms with Gasteiger partial charge in [0.1, 0.15) is 16.1 Å². The normalized spacial score (nSPS) is 10.6. The van der Waals surface area contributed by atoms with Crippen molar-refractivity contribution in [2.75, 3.05) is 5.32 Å². The Morgan fingerprint density at radius 3 is 2.32 bits per heavy atom. The first kappa shape index (κ1) is 20.0. The number of nitrogens with zero attached hydrogens (tertiary/aromatic N) is 2. The van der Waals surface area contributed by atoms with Crippen LogP contribution in [0.4, 0.5) is 11.4 Å². The lowest BCUT2D eigenvalue weighted by molar-refractivity contribution is -0.384. The Labute approximate surface area is 176 Å². The predicted octanol–water partition coefficient (Wildman–Crippen LogP) is 5.50. The molecule has 8 nitrogen and oxygen atoms in total. The number of rotatable bonds is 5. The highest BCUT2D eigenvalue weighted by Gasteiger charge is 2.19. The van der Waals surface area contributed by atoms with Crippen molar-refractivity contribution in [2.45, 2.75) is 13.8 Å². The second kappa shape index (κ2) is 8.11. The smallest absolute Gasteiger partial charge is 0.277 e. The number of ether oxygens (including phenoxy) is 1. The first-order valence-electron chi connectivity index (χ1n) is 7.99. The van der Waals surface area contributed by atoms with Crippen LogP contribution < -0.4 is 10.1 Å². The molecule has 0 spiro atoms. The van der Waals surface area contributed by atoms with Gasteiger partial charge in [0.25, 0.3) is 11.6 Å². The van der Waals surface area contributed by atoms with E-state index in [1.54, 1.807) is 0 Å². The van der Waals surface area contributed by atoms with Crippen LogP contribution in [0.5, 0.6) is 11.5 Å². The highest BCUT2D eigenvalue weighted by atomic mass is 79.9. The van der Waals surface area contributed by atoms with Crippen LogP contribution in [-0.2, 0) is 0 Å². The lowest BCUT2D eigenvalue weighted by Crippen LogP contribution is -2.13. The second-order valence-electron chi connectivity index (χ2n) is 6.05. The van der Waals surface area contributed by atoms with E-state index in [9.17, 15) is 14.9 Å². The minimum atomic E-state index is -0.551. The molecular formula is C18H14Br2N4O4. The number of anilines is 1.